The van der Waals surface area contributed by atoms with E-state index in [9.17, 15) is 4.79 Å². The standard InChI is InChI=1S/C11H20O4/c1-8(11(12)13-3)9(2)15-10-6-4-5-7-14-10/h8-10H,4-7H2,1-3H3. The smallest absolute Gasteiger partial charge is 0.311 e. The minimum atomic E-state index is -0.250. The highest BCUT2D eigenvalue weighted by atomic mass is 16.7. The average molecular weight is 216 g/mol. The Hall–Kier alpha value is -0.610. The molecule has 1 rings (SSSR count). The normalized spacial score (nSPS) is 25.7. The van der Waals surface area contributed by atoms with Crippen LogP contribution in [0, 0.1) is 5.92 Å². The molecule has 0 aliphatic carbocycles. The maximum Gasteiger partial charge on any atom is 0.311 e. The largest absolute Gasteiger partial charge is 0.469 e. The highest BCUT2D eigenvalue weighted by Gasteiger charge is 2.25. The van der Waals surface area contributed by atoms with Gasteiger partial charge in [0.2, 0.25) is 0 Å². The van der Waals surface area contributed by atoms with E-state index in [1.54, 1.807) is 6.92 Å². The third-order valence-corrected chi connectivity index (χ3v) is 2.78. The van der Waals surface area contributed by atoms with Gasteiger partial charge in [-0.1, -0.05) is 0 Å². The van der Waals surface area contributed by atoms with Crippen LogP contribution in [0.25, 0.3) is 0 Å². The zero-order chi connectivity index (χ0) is 11.3. The van der Waals surface area contributed by atoms with Crippen molar-refractivity contribution in [1.82, 2.24) is 0 Å². The first-order chi connectivity index (χ1) is 7.15. The summed E-state index contributed by atoms with van der Waals surface area (Å²) in [4.78, 5) is 11.3. The Kier molecular flexibility index (Phi) is 5.05. The van der Waals surface area contributed by atoms with E-state index >= 15 is 0 Å². The molecule has 0 aromatic rings. The second kappa shape index (κ2) is 6.08. The third kappa shape index (κ3) is 3.80. The van der Waals surface area contributed by atoms with Crippen molar-refractivity contribution in [2.24, 2.45) is 5.92 Å². The Morgan fingerprint density at radius 2 is 2.13 bits per heavy atom. The van der Waals surface area contributed by atoms with Crippen LogP contribution < -0.4 is 0 Å². The van der Waals surface area contributed by atoms with Gasteiger partial charge >= 0.3 is 5.97 Å². The SMILES string of the molecule is COC(=O)C(C)C(C)OC1CCCCO1. The van der Waals surface area contributed by atoms with Gasteiger partial charge in [-0.05, 0) is 33.1 Å². The molecule has 0 saturated carbocycles. The average Bonchev–Trinajstić information content (AvgIpc) is 2.28. The van der Waals surface area contributed by atoms with Gasteiger partial charge in [-0.25, -0.2) is 0 Å². The minimum Gasteiger partial charge on any atom is -0.469 e. The molecular formula is C11H20O4. The van der Waals surface area contributed by atoms with Gasteiger partial charge in [-0.3, -0.25) is 4.79 Å². The van der Waals surface area contributed by atoms with Gasteiger partial charge in [-0.15, -0.1) is 0 Å². The molecule has 1 aliphatic heterocycles. The molecule has 1 fully saturated rings. The van der Waals surface area contributed by atoms with Gasteiger partial charge in [0, 0.05) is 6.61 Å². The molecule has 0 spiro atoms. The summed E-state index contributed by atoms with van der Waals surface area (Å²) in [5, 5.41) is 0. The highest BCUT2D eigenvalue weighted by Crippen LogP contribution is 2.18. The lowest BCUT2D eigenvalue weighted by Gasteiger charge is -2.27. The lowest BCUT2D eigenvalue weighted by atomic mass is 10.1. The van der Waals surface area contributed by atoms with E-state index in [4.69, 9.17) is 9.47 Å². The zero-order valence-corrected chi connectivity index (χ0v) is 9.69. The number of methoxy groups -OCH3 is 1. The van der Waals surface area contributed by atoms with E-state index in [1.165, 1.54) is 7.11 Å². The summed E-state index contributed by atoms with van der Waals surface area (Å²) in [6.45, 7) is 4.43. The zero-order valence-electron chi connectivity index (χ0n) is 9.69. The van der Waals surface area contributed by atoms with Crippen molar-refractivity contribution < 1.29 is 19.0 Å². The van der Waals surface area contributed by atoms with Crippen LogP contribution in [0.2, 0.25) is 0 Å². The van der Waals surface area contributed by atoms with Crippen LogP contribution >= 0.6 is 0 Å². The molecule has 4 nitrogen and oxygen atoms in total. The van der Waals surface area contributed by atoms with Crippen molar-refractivity contribution >= 4 is 5.97 Å². The fraction of sp³-hybridized carbons (Fsp3) is 0.909. The molecule has 3 unspecified atom stereocenters. The predicted molar refractivity (Wildman–Crippen MR) is 55.3 cm³/mol. The summed E-state index contributed by atoms with van der Waals surface area (Å²) in [7, 11) is 1.39. The van der Waals surface area contributed by atoms with Crippen molar-refractivity contribution in [2.75, 3.05) is 13.7 Å². The number of ether oxygens (including phenoxy) is 3. The van der Waals surface area contributed by atoms with E-state index in [1.807, 2.05) is 6.92 Å². The summed E-state index contributed by atoms with van der Waals surface area (Å²) in [5.41, 5.74) is 0. The van der Waals surface area contributed by atoms with Crippen LogP contribution in [0.1, 0.15) is 33.1 Å². The van der Waals surface area contributed by atoms with Gasteiger partial charge in [0.1, 0.15) is 0 Å². The first-order valence-electron chi connectivity index (χ1n) is 5.50. The predicted octanol–water partition coefficient (Wildman–Crippen LogP) is 1.73. The lowest BCUT2D eigenvalue weighted by Crippen LogP contribution is -2.33. The lowest BCUT2D eigenvalue weighted by molar-refractivity contribution is -0.197. The molecule has 1 saturated heterocycles. The molecule has 0 aromatic carbocycles. The highest BCUT2D eigenvalue weighted by molar-refractivity contribution is 5.72. The number of hydrogen-bond acceptors (Lipinski definition) is 4. The van der Waals surface area contributed by atoms with Crippen molar-refractivity contribution in [3.8, 4) is 0 Å². The maximum absolute atomic E-state index is 11.3. The van der Waals surface area contributed by atoms with E-state index < -0.39 is 0 Å². The summed E-state index contributed by atoms with van der Waals surface area (Å²) >= 11 is 0. The second-order valence-electron chi connectivity index (χ2n) is 3.95. The molecule has 88 valence electrons. The fourth-order valence-corrected chi connectivity index (χ4v) is 1.55. The van der Waals surface area contributed by atoms with Crippen LogP contribution in [0.15, 0.2) is 0 Å². The third-order valence-electron chi connectivity index (χ3n) is 2.78. The molecule has 15 heavy (non-hydrogen) atoms. The number of esters is 1. The summed E-state index contributed by atoms with van der Waals surface area (Å²) < 4.78 is 15.8. The van der Waals surface area contributed by atoms with Crippen molar-refractivity contribution in [2.45, 2.75) is 45.5 Å². The summed E-state index contributed by atoms with van der Waals surface area (Å²) in [5.74, 6) is -0.487. The Morgan fingerprint density at radius 1 is 1.40 bits per heavy atom. The summed E-state index contributed by atoms with van der Waals surface area (Å²) in [6, 6.07) is 0. The topological polar surface area (TPSA) is 44.8 Å². The number of carbonyl (C=O) groups excluding carboxylic acids is 1. The quantitative estimate of drug-likeness (QED) is 0.671. The molecule has 0 radical (unpaired) electrons. The van der Waals surface area contributed by atoms with E-state index in [0.29, 0.717) is 0 Å². The van der Waals surface area contributed by atoms with E-state index in [2.05, 4.69) is 4.74 Å². The Morgan fingerprint density at radius 3 is 2.67 bits per heavy atom. The molecule has 0 amide bonds. The maximum atomic E-state index is 11.3. The van der Waals surface area contributed by atoms with Crippen LogP contribution in [0.4, 0.5) is 0 Å². The van der Waals surface area contributed by atoms with Crippen LogP contribution in [-0.4, -0.2) is 32.1 Å². The van der Waals surface area contributed by atoms with Crippen molar-refractivity contribution in [3.05, 3.63) is 0 Å². The monoisotopic (exact) mass is 216 g/mol. The Balaban J connectivity index is 2.32. The van der Waals surface area contributed by atoms with Gasteiger partial charge < -0.3 is 14.2 Å². The van der Waals surface area contributed by atoms with Crippen LogP contribution in [0.3, 0.4) is 0 Å². The van der Waals surface area contributed by atoms with Crippen LogP contribution in [0.5, 0.6) is 0 Å². The molecule has 3 atom stereocenters. The first-order valence-corrected chi connectivity index (χ1v) is 5.50. The molecular weight excluding hydrogens is 196 g/mol. The number of rotatable bonds is 4. The molecule has 1 aliphatic rings. The summed E-state index contributed by atoms with van der Waals surface area (Å²) in [6.07, 6.45) is 2.82. The number of carbonyl (C=O) groups is 1. The van der Waals surface area contributed by atoms with E-state index in [-0.39, 0.29) is 24.3 Å². The van der Waals surface area contributed by atoms with Gasteiger partial charge in [0.05, 0.1) is 19.1 Å². The molecule has 0 N–H and O–H groups in total. The molecule has 0 bridgehead atoms. The molecule has 4 heteroatoms. The Labute approximate surface area is 90.9 Å². The van der Waals surface area contributed by atoms with Gasteiger partial charge in [0.25, 0.3) is 0 Å². The van der Waals surface area contributed by atoms with Crippen LogP contribution in [-0.2, 0) is 19.0 Å². The minimum absolute atomic E-state index is 0.152. The number of hydrogen-bond donors (Lipinski definition) is 0. The molecule has 1 heterocycles. The second-order valence-corrected chi connectivity index (χ2v) is 3.95. The van der Waals surface area contributed by atoms with E-state index in [0.717, 1.165) is 25.9 Å². The van der Waals surface area contributed by atoms with Gasteiger partial charge in [-0.2, -0.15) is 0 Å². The fourth-order valence-electron chi connectivity index (χ4n) is 1.55. The van der Waals surface area contributed by atoms with Gasteiger partial charge in [0.15, 0.2) is 6.29 Å². The van der Waals surface area contributed by atoms with Crippen molar-refractivity contribution in [1.29, 1.82) is 0 Å². The van der Waals surface area contributed by atoms with Crippen molar-refractivity contribution in [3.63, 3.8) is 0 Å². The first kappa shape index (κ1) is 12.5. The Bertz CT molecular complexity index is 199. The molecule has 0 aromatic heterocycles.